The Morgan fingerprint density at radius 1 is 0.772 bits per heavy atom. The van der Waals surface area contributed by atoms with Gasteiger partial charge in [0.2, 0.25) is 5.91 Å². The molecule has 3 amide bonds. The predicted octanol–water partition coefficient (Wildman–Crippen LogP) is 6.41. The van der Waals surface area contributed by atoms with Gasteiger partial charge in [-0.05, 0) is 94.0 Å². The van der Waals surface area contributed by atoms with Crippen molar-refractivity contribution in [3.8, 4) is 22.5 Å². The summed E-state index contributed by atoms with van der Waals surface area (Å²) in [6.07, 6.45) is 11.1. The Bertz CT molecular complexity index is 2280. The van der Waals surface area contributed by atoms with Crippen molar-refractivity contribution in [2.75, 3.05) is 33.9 Å². The average Bonchev–Trinajstić information content (AvgIpc) is 4.02. The van der Waals surface area contributed by atoms with Crippen LogP contribution in [-0.4, -0.2) is 104 Å². The van der Waals surface area contributed by atoms with Gasteiger partial charge in [-0.3, -0.25) is 9.69 Å². The van der Waals surface area contributed by atoms with Crippen molar-refractivity contribution in [3.05, 3.63) is 60.3 Å². The van der Waals surface area contributed by atoms with Crippen LogP contribution in [0.4, 0.5) is 9.59 Å². The number of rotatable bonds is 11. The summed E-state index contributed by atoms with van der Waals surface area (Å²) in [6, 6.07) is 13.7. The molecule has 4 N–H and O–H groups in total. The van der Waals surface area contributed by atoms with Crippen LogP contribution in [0.2, 0.25) is 0 Å². The molecule has 4 fully saturated rings. The Balaban J connectivity index is 0.895. The summed E-state index contributed by atoms with van der Waals surface area (Å²) in [5, 5.41) is 16.1. The van der Waals surface area contributed by atoms with Crippen molar-refractivity contribution in [2.45, 2.75) is 88.4 Å². The maximum absolute atomic E-state index is 13.8. The van der Waals surface area contributed by atoms with Gasteiger partial charge in [-0.25, -0.2) is 19.6 Å². The maximum atomic E-state index is 13.8. The molecular weight excluding hydrogens is 725 g/mol. The van der Waals surface area contributed by atoms with Crippen LogP contribution in [0.1, 0.15) is 87.9 Å². The van der Waals surface area contributed by atoms with E-state index in [4.69, 9.17) is 19.4 Å². The van der Waals surface area contributed by atoms with Crippen LogP contribution in [0.25, 0.3) is 44.5 Å². The molecular formula is C42H50N10O5. The highest BCUT2D eigenvalue weighted by atomic mass is 16.5. The molecule has 2 saturated heterocycles. The van der Waals surface area contributed by atoms with Gasteiger partial charge in [0.05, 0.1) is 60.4 Å². The Labute approximate surface area is 330 Å². The first-order valence-corrected chi connectivity index (χ1v) is 20.4. The zero-order valence-corrected chi connectivity index (χ0v) is 32.5. The van der Waals surface area contributed by atoms with Gasteiger partial charge in [0.25, 0.3) is 0 Å². The number of fused-ring (bicyclic) bond motifs is 2. The summed E-state index contributed by atoms with van der Waals surface area (Å²) in [6.45, 7) is 2.36. The molecule has 0 unspecified atom stereocenters. The van der Waals surface area contributed by atoms with Crippen molar-refractivity contribution in [2.24, 2.45) is 11.8 Å². The van der Waals surface area contributed by atoms with Gasteiger partial charge in [0, 0.05) is 35.6 Å². The molecule has 4 atom stereocenters. The maximum Gasteiger partial charge on any atom is 0.407 e. The lowest BCUT2D eigenvalue weighted by Crippen LogP contribution is -2.53. The Hall–Kier alpha value is -5.57. The highest BCUT2D eigenvalue weighted by Crippen LogP contribution is 2.38. The van der Waals surface area contributed by atoms with E-state index in [0.717, 1.165) is 127 Å². The van der Waals surface area contributed by atoms with E-state index in [0.29, 0.717) is 12.5 Å². The highest BCUT2D eigenvalue weighted by Gasteiger charge is 2.41. The number of H-pyrrole nitrogens is 2. The Morgan fingerprint density at radius 3 is 2.30 bits per heavy atom. The molecule has 2 aliphatic carbocycles. The van der Waals surface area contributed by atoms with E-state index < -0.39 is 12.1 Å². The molecule has 0 spiro atoms. The second kappa shape index (κ2) is 15.8. The van der Waals surface area contributed by atoms with Gasteiger partial charge >= 0.3 is 12.2 Å². The number of methoxy groups -OCH3 is 2. The number of alkyl carbamates (subject to hydrolysis) is 2. The summed E-state index contributed by atoms with van der Waals surface area (Å²) >= 11 is 0. The summed E-state index contributed by atoms with van der Waals surface area (Å²) in [5.74, 6) is 2.21. The fourth-order valence-electron chi connectivity index (χ4n) is 9.15. The lowest BCUT2D eigenvalue weighted by molar-refractivity contribution is -0.136. The van der Waals surface area contributed by atoms with E-state index >= 15 is 0 Å². The summed E-state index contributed by atoms with van der Waals surface area (Å²) in [4.78, 5) is 59.2. The molecule has 9 rings (SSSR count). The monoisotopic (exact) mass is 774 g/mol. The van der Waals surface area contributed by atoms with E-state index in [2.05, 4.69) is 47.8 Å². The molecule has 4 aliphatic rings. The minimum atomic E-state index is -0.594. The molecule has 0 bridgehead atoms. The lowest BCUT2D eigenvalue weighted by Gasteiger charge is -2.37. The molecule has 15 nitrogen and oxygen atoms in total. The third-order valence-electron chi connectivity index (χ3n) is 12.8. The second-order valence-electron chi connectivity index (χ2n) is 16.1. The van der Waals surface area contributed by atoms with Gasteiger partial charge in [-0.2, -0.15) is 0 Å². The largest absolute Gasteiger partial charge is 0.453 e. The minimum absolute atomic E-state index is 0.0673. The number of likely N-dealkylation sites (tertiary alicyclic amines) is 2. The average molecular weight is 775 g/mol. The quantitative estimate of drug-likeness (QED) is 0.117. The molecule has 57 heavy (non-hydrogen) atoms. The Morgan fingerprint density at radius 2 is 1.53 bits per heavy atom. The van der Waals surface area contributed by atoms with Gasteiger partial charge < -0.3 is 35.0 Å². The zero-order valence-electron chi connectivity index (χ0n) is 32.5. The molecule has 5 aromatic rings. The number of nitrogens with one attached hydrogen (secondary N) is 4. The topological polar surface area (TPSA) is 183 Å². The molecule has 0 radical (unpaired) electrons. The number of aromatic nitrogens is 6. The molecule has 2 saturated carbocycles. The van der Waals surface area contributed by atoms with Crippen LogP contribution in [0.15, 0.2) is 48.7 Å². The van der Waals surface area contributed by atoms with E-state index in [1.807, 2.05) is 41.4 Å². The number of imidazole rings is 2. The first-order chi connectivity index (χ1) is 27.8. The molecule has 3 aromatic heterocycles. The smallest absolute Gasteiger partial charge is 0.407 e. The van der Waals surface area contributed by atoms with Gasteiger partial charge in [0.15, 0.2) is 0 Å². The third-order valence-corrected chi connectivity index (χ3v) is 12.8. The fraction of sp³-hybridized carbons (Fsp3) is 0.500. The molecule has 2 aromatic carbocycles. The summed E-state index contributed by atoms with van der Waals surface area (Å²) in [7, 11) is 2.74. The number of aromatic amines is 2. The molecule has 298 valence electrons. The Kier molecular flexibility index (Phi) is 10.2. The van der Waals surface area contributed by atoms with Crippen molar-refractivity contribution in [1.82, 2.24) is 50.6 Å². The van der Waals surface area contributed by atoms with Crippen molar-refractivity contribution >= 4 is 40.0 Å². The van der Waals surface area contributed by atoms with Crippen LogP contribution < -0.4 is 10.6 Å². The van der Waals surface area contributed by atoms with Crippen LogP contribution in [0.5, 0.6) is 0 Å². The molecule has 5 heterocycles. The number of benzene rings is 2. The van der Waals surface area contributed by atoms with Gasteiger partial charge in [0.1, 0.15) is 17.7 Å². The van der Waals surface area contributed by atoms with Crippen LogP contribution in [0.3, 0.4) is 0 Å². The SMILES string of the molecule is COC(=O)N[C@H](C(=O)N1CCC[C@H]1c1nc2ccc(-c3cc4ccc(-c5cnc([C@@H]6CCCN6C[C@@H](NC(=O)OC)C6CCC6)[nH]5)cc4nn3)cc2[nH]1)C1CCC1. The number of hydrogen-bond donors (Lipinski definition) is 4. The first kappa shape index (κ1) is 37.0. The third kappa shape index (κ3) is 7.40. The summed E-state index contributed by atoms with van der Waals surface area (Å²) < 4.78 is 9.77. The number of hydrogen-bond acceptors (Lipinski definition) is 10. The number of ether oxygens (including phenoxy) is 2. The molecule has 2 aliphatic heterocycles. The zero-order chi connectivity index (χ0) is 39.0. The second-order valence-corrected chi connectivity index (χ2v) is 16.1. The minimum Gasteiger partial charge on any atom is -0.453 e. The van der Waals surface area contributed by atoms with Crippen LogP contribution >= 0.6 is 0 Å². The predicted molar refractivity (Wildman–Crippen MR) is 213 cm³/mol. The fourth-order valence-corrected chi connectivity index (χ4v) is 9.15. The number of nitrogens with zero attached hydrogens (tertiary/aromatic N) is 6. The van der Waals surface area contributed by atoms with E-state index in [1.54, 1.807) is 0 Å². The first-order valence-electron chi connectivity index (χ1n) is 20.4. The number of carbonyl (C=O) groups excluding carboxylic acids is 3. The van der Waals surface area contributed by atoms with E-state index in [1.165, 1.54) is 20.6 Å². The van der Waals surface area contributed by atoms with E-state index in [9.17, 15) is 14.4 Å². The standard InChI is InChI=1S/C42H50N10O5/c1-56-41(54)47-34(24-7-3-8-24)23-51-17-5-11-35(51)38-43-22-33(46-38)28-14-13-26-19-30(49-50-31(26)20-28)27-15-16-29-32(21-27)45-39(44-29)36-12-6-18-52(36)40(53)37(25-9-4-10-25)48-42(55)57-2/h13-16,19-22,24-25,34-37H,3-12,17-18,23H2,1-2H3,(H,43,46)(H,44,45)(H,47,54)(H,48,55)/t34-,35+,36+,37+/m1/s1. The summed E-state index contributed by atoms with van der Waals surface area (Å²) in [5.41, 5.74) is 6.01. The van der Waals surface area contributed by atoms with Crippen molar-refractivity contribution < 1.29 is 23.9 Å². The number of carbonyl (C=O) groups is 3. The van der Waals surface area contributed by atoms with Gasteiger partial charge in [-0.1, -0.05) is 31.0 Å². The van der Waals surface area contributed by atoms with Crippen LogP contribution in [-0.2, 0) is 14.3 Å². The van der Waals surface area contributed by atoms with Crippen molar-refractivity contribution in [3.63, 3.8) is 0 Å². The van der Waals surface area contributed by atoms with Crippen LogP contribution in [0, 0.1) is 11.8 Å². The van der Waals surface area contributed by atoms with E-state index in [-0.39, 0.29) is 36.0 Å². The normalized spacial score (nSPS) is 21.3. The lowest BCUT2D eigenvalue weighted by atomic mass is 9.79. The molecule has 15 heteroatoms. The number of amides is 3. The highest BCUT2D eigenvalue weighted by molar-refractivity contribution is 5.88. The van der Waals surface area contributed by atoms with Gasteiger partial charge in [-0.15, -0.1) is 10.2 Å². The van der Waals surface area contributed by atoms with Crippen molar-refractivity contribution in [1.29, 1.82) is 0 Å².